The van der Waals surface area contributed by atoms with Crippen molar-refractivity contribution in [2.45, 2.75) is 91.3 Å². The molecule has 6 rings (SSSR count). The normalized spacial score (nSPS) is 17.1. The van der Waals surface area contributed by atoms with Crippen LogP contribution in [0.3, 0.4) is 0 Å². The van der Waals surface area contributed by atoms with Gasteiger partial charge in [-0.2, -0.15) is 0 Å². The van der Waals surface area contributed by atoms with Gasteiger partial charge in [0, 0.05) is 47.6 Å². The molecule has 9 nitrogen and oxygen atoms in total. The number of pyridine rings is 1. The summed E-state index contributed by atoms with van der Waals surface area (Å²) in [4.78, 5) is 27.3. The minimum atomic E-state index is -0.615. The third-order valence-corrected chi connectivity index (χ3v) is 8.83. The van der Waals surface area contributed by atoms with E-state index in [1.807, 2.05) is 65.8 Å². The molecule has 4 aromatic rings. The number of imidazole rings is 1. The molecule has 4 heterocycles. The summed E-state index contributed by atoms with van der Waals surface area (Å²) < 4.78 is 33.9. The molecule has 0 unspecified atom stereocenters. The molecule has 1 atom stereocenters. The van der Waals surface area contributed by atoms with Crippen LogP contribution in [0, 0.1) is 5.82 Å². The van der Waals surface area contributed by atoms with Crippen molar-refractivity contribution in [1.82, 2.24) is 19.4 Å². The highest BCUT2D eigenvalue weighted by molar-refractivity contribution is 6.30. The Bertz CT molecular complexity index is 1860. The first-order valence-corrected chi connectivity index (χ1v) is 17.2. The first-order valence-electron chi connectivity index (χ1n) is 16.8. The fourth-order valence-corrected chi connectivity index (χ4v) is 6.25. The van der Waals surface area contributed by atoms with E-state index in [1.165, 1.54) is 6.07 Å². The van der Waals surface area contributed by atoms with E-state index in [9.17, 15) is 9.18 Å². The van der Waals surface area contributed by atoms with Crippen LogP contribution < -0.4 is 9.64 Å². The Morgan fingerprint density at radius 1 is 1.08 bits per heavy atom. The van der Waals surface area contributed by atoms with E-state index in [1.54, 1.807) is 23.1 Å². The van der Waals surface area contributed by atoms with Gasteiger partial charge < -0.3 is 18.8 Å². The van der Waals surface area contributed by atoms with Gasteiger partial charge in [0.1, 0.15) is 23.8 Å². The van der Waals surface area contributed by atoms with Crippen LogP contribution in [0.25, 0.3) is 16.6 Å². The van der Waals surface area contributed by atoms with Gasteiger partial charge in [0.05, 0.1) is 35.9 Å². The van der Waals surface area contributed by atoms with Crippen molar-refractivity contribution in [3.63, 3.8) is 0 Å². The highest BCUT2D eigenvalue weighted by Gasteiger charge is 2.33. The van der Waals surface area contributed by atoms with Crippen molar-refractivity contribution in [1.29, 1.82) is 0 Å². The smallest absolute Gasteiger partial charge is 0.415 e. The van der Waals surface area contributed by atoms with Gasteiger partial charge in [0.15, 0.2) is 0 Å². The number of carbonyl (C=O) groups excluding carboxylic acids is 1. The van der Waals surface area contributed by atoms with E-state index in [2.05, 4.69) is 21.6 Å². The summed E-state index contributed by atoms with van der Waals surface area (Å²) in [7, 11) is 0. The molecular weight excluding hydrogens is 645 g/mol. The van der Waals surface area contributed by atoms with Crippen LogP contribution in [0.5, 0.6) is 5.88 Å². The van der Waals surface area contributed by atoms with Crippen LogP contribution in [0.2, 0.25) is 5.02 Å². The SMILES string of the molecule is CC(C)(C)OC(=O)N(c1ccc2c(c1)nc(CN1CC=C(c3cccc(OCc4ccc(Cl)cc4F)n3)CC1)n2C[C@@H]1CCO1)C(C)(C)C. The fourth-order valence-electron chi connectivity index (χ4n) is 6.09. The van der Waals surface area contributed by atoms with Gasteiger partial charge in [0.25, 0.3) is 0 Å². The van der Waals surface area contributed by atoms with Crippen molar-refractivity contribution in [2.75, 3.05) is 24.6 Å². The molecule has 2 aromatic carbocycles. The molecule has 0 spiro atoms. The van der Waals surface area contributed by atoms with Crippen molar-refractivity contribution in [3.8, 4) is 5.88 Å². The highest BCUT2D eigenvalue weighted by atomic mass is 35.5. The third-order valence-electron chi connectivity index (χ3n) is 8.60. The number of fused-ring (bicyclic) bond motifs is 1. The number of rotatable bonds is 9. The lowest BCUT2D eigenvalue weighted by Crippen LogP contribution is -2.48. The Labute approximate surface area is 292 Å². The van der Waals surface area contributed by atoms with E-state index in [-0.39, 0.29) is 18.8 Å². The molecule has 260 valence electrons. The van der Waals surface area contributed by atoms with Crippen LogP contribution in [0.15, 0.2) is 60.7 Å². The molecule has 0 radical (unpaired) electrons. The van der Waals surface area contributed by atoms with E-state index in [4.69, 9.17) is 35.8 Å². The number of aromatic nitrogens is 3. The van der Waals surface area contributed by atoms with Crippen molar-refractivity contribution in [3.05, 3.63) is 88.6 Å². The summed E-state index contributed by atoms with van der Waals surface area (Å²) in [6, 6.07) is 16.2. The summed E-state index contributed by atoms with van der Waals surface area (Å²) in [5, 5.41) is 0.348. The standard InChI is InChI=1S/C38H45ClFN5O4/c1-37(2,3)45(36(46)49-38(4,5)6)28-12-13-33-32(21-28)41-34(44(33)22-29-16-19-47-29)23-43-17-14-25(15-18-43)31-8-7-9-35(42-31)48-24-26-10-11-27(39)20-30(26)40/h7-14,20-21,29H,15-19,22-24H2,1-6H3/t29-/m0/s1. The molecule has 49 heavy (non-hydrogen) atoms. The minimum absolute atomic E-state index is 0.0654. The van der Waals surface area contributed by atoms with Crippen molar-refractivity contribution >= 4 is 40.0 Å². The molecule has 1 fully saturated rings. The Kier molecular flexibility index (Phi) is 10.0. The molecule has 0 saturated carbocycles. The second-order valence-corrected chi connectivity index (χ2v) is 15.1. The summed E-state index contributed by atoms with van der Waals surface area (Å²) in [5.41, 5.74) is 3.88. The van der Waals surface area contributed by atoms with Gasteiger partial charge in [-0.1, -0.05) is 29.8 Å². The number of hydrogen-bond acceptors (Lipinski definition) is 7. The molecule has 1 saturated heterocycles. The lowest BCUT2D eigenvalue weighted by molar-refractivity contribution is -0.0591. The Balaban J connectivity index is 1.19. The van der Waals surface area contributed by atoms with Crippen LogP contribution in [-0.2, 0) is 29.2 Å². The minimum Gasteiger partial charge on any atom is -0.473 e. The van der Waals surface area contributed by atoms with Crippen LogP contribution in [0.4, 0.5) is 14.9 Å². The van der Waals surface area contributed by atoms with E-state index < -0.39 is 17.0 Å². The molecule has 0 bridgehead atoms. The molecule has 11 heteroatoms. The quantitative estimate of drug-likeness (QED) is 0.175. The van der Waals surface area contributed by atoms with E-state index in [0.29, 0.717) is 23.0 Å². The fraction of sp³-hybridized carbons (Fsp3) is 0.447. The van der Waals surface area contributed by atoms with E-state index >= 15 is 0 Å². The zero-order valence-corrected chi connectivity index (χ0v) is 29.9. The number of hydrogen-bond donors (Lipinski definition) is 0. The Morgan fingerprint density at radius 3 is 2.53 bits per heavy atom. The maximum absolute atomic E-state index is 14.2. The Morgan fingerprint density at radius 2 is 1.88 bits per heavy atom. The average molecular weight is 690 g/mol. The molecule has 2 aliphatic rings. The van der Waals surface area contributed by atoms with Crippen LogP contribution in [-0.4, -0.2) is 62.5 Å². The zero-order chi connectivity index (χ0) is 34.9. The first-order chi connectivity index (χ1) is 23.2. The highest BCUT2D eigenvalue weighted by Crippen LogP contribution is 2.32. The summed E-state index contributed by atoms with van der Waals surface area (Å²) in [5.74, 6) is 1.00. The molecular formula is C38H45ClFN5O4. The number of amides is 1. The molecule has 0 aliphatic carbocycles. The largest absolute Gasteiger partial charge is 0.473 e. The summed E-state index contributed by atoms with van der Waals surface area (Å²) in [6.07, 6.45) is 3.81. The zero-order valence-electron chi connectivity index (χ0n) is 29.1. The molecule has 0 N–H and O–H groups in total. The first kappa shape index (κ1) is 34.9. The van der Waals surface area contributed by atoms with Crippen LogP contribution >= 0.6 is 11.6 Å². The third kappa shape index (κ3) is 8.43. The van der Waals surface area contributed by atoms with Gasteiger partial charge in [-0.25, -0.2) is 19.2 Å². The average Bonchev–Trinajstić information content (AvgIpc) is 3.33. The van der Waals surface area contributed by atoms with Crippen molar-refractivity contribution < 1.29 is 23.4 Å². The van der Waals surface area contributed by atoms with Gasteiger partial charge >= 0.3 is 6.09 Å². The number of benzene rings is 2. The van der Waals surface area contributed by atoms with Crippen LogP contribution in [0.1, 0.15) is 71.5 Å². The second-order valence-electron chi connectivity index (χ2n) is 14.7. The van der Waals surface area contributed by atoms with Crippen molar-refractivity contribution in [2.24, 2.45) is 0 Å². The maximum Gasteiger partial charge on any atom is 0.415 e. The van der Waals surface area contributed by atoms with Gasteiger partial charge in [-0.05, 0) is 96.4 Å². The van der Waals surface area contributed by atoms with Gasteiger partial charge in [0.2, 0.25) is 5.88 Å². The maximum atomic E-state index is 14.2. The number of carbonyl (C=O) groups is 1. The van der Waals surface area contributed by atoms with Gasteiger partial charge in [-0.3, -0.25) is 9.80 Å². The lowest BCUT2D eigenvalue weighted by Gasteiger charge is -2.36. The molecule has 1 amide bonds. The topological polar surface area (TPSA) is 82.0 Å². The molecule has 2 aliphatic heterocycles. The summed E-state index contributed by atoms with van der Waals surface area (Å²) in [6.45, 7) is 15.4. The number of anilines is 1. The monoisotopic (exact) mass is 689 g/mol. The number of halogens is 2. The Hall–Kier alpha value is -3.99. The predicted octanol–water partition coefficient (Wildman–Crippen LogP) is 8.42. The summed E-state index contributed by atoms with van der Waals surface area (Å²) >= 11 is 5.88. The predicted molar refractivity (Wildman–Crippen MR) is 190 cm³/mol. The lowest BCUT2D eigenvalue weighted by atomic mass is 10.0. The number of nitrogens with zero attached hydrogens (tertiary/aromatic N) is 5. The second kappa shape index (κ2) is 14.1. The molecule has 2 aromatic heterocycles. The van der Waals surface area contributed by atoms with Gasteiger partial charge in [-0.15, -0.1) is 0 Å². The number of ether oxygens (including phenoxy) is 3. The van der Waals surface area contributed by atoms with E-state index in [0.717, 1.165) is 72.9 Å².